The molecule has 0 rings (SSSR count). The second-order valence-electron chi connectivity index (χ2n) is 15.4. The van der Waals surface area contributed by atoms with Gasteiger partial charge in [0.1, 0.15) is 12.2 Å². The minimum Gasteiger partial charge on any atom is -0.394 e. The SMILES string of the molecule is CCC/C=C/CC/C=C/CC/C=C/CCCC(O)C(O)C(CO)NC(=O)C(O)CCCCCCCCC/C=C\CCCCCCCCCCCCCC. The van der Waals surface area contributed by atoms with E-state index in [1.807, 2.05) is 0 Å². The summed E-state index contributed by atoms with van der Waals surface area (Å²) in [5.74, 6) is -0.605. The number of nitrogens with one attached hydrogen (secondary N) is 1. The Kier molecular flexibility index (Phi) is 40.1. The lowest BCUT2D eigenvalue weighted by Crippen LogP contribution is -2.53. The van der Waals surface area contributed by atoms with Crippen LogP contribution >= 0.6 is 0 Å². The molecule has 0 heterocycles. The maximum Gasteiger partial charge on any atom is 0.249 e. The molecule has 310 valence electrons. The molecule has 6 heteroatoms. The summed E-state index contributed by atoms with van der Waals surface area (Å²) in [5, 5.41) is 43.6. The molecule has 4 atom stereocenters. The second-order valence-corrected chi connectivity index (χ2v) is 15.4. The molecule has 4 unspecified atom stereocenters. The van der Waals surface area contributed by atoms with Crippen LogP contribution in [0.25, 0.3) is 0 Å². The van der Waals surface area contributed by atoms with E-state index in [1.54, 1.807) is 0 Å². The molecule has 0 aromatic rings. The van der Waals surface area contributed by atoms with E-state index in [-0.39, 0.29) is 0 Å². The van der Waals surface area contributed by atoms with Gasteiger partial charge in [0.2, 0.25) is 5.91 Å². The summed E-state index contributed by atoms with van der Waals surface area (Å²) in [6, 6.07) is -1.01. The molecule has 0 bridgehead atoms. The van der Waals surface area contributed by atoms with Crippen molar-refractivity contribution < 1.29 is 25.2 Å². The smallest absolute Gasteiger partial charge is 0.249 e. The number of rotatable bonds is 40. The van der Waals surface area contributed by atoms with Gasteiger partial charge in [0, 0.05) is 0 Å². The van der Waals surface area contributed by atoms with E-state index in [9.17, 15) is 25.2 Å². The highest BCUT2D eigenvalue weighted by Gasteiger charge is 2.28. The molecule has 0 aliphatic rings. The largest absolute Gasteiger partial charge is 0.394 e. The predicted molar refractivity (Wildman–Crippen MR) is 228 cm³/mol. The third-order valence-corrected chi connectivity index (χ3v) is 10.2. The van der Waals surface area contributed by atoms with Crippen LogP contribution in [-0.2, 0) is 4.79 Å². The third-order valence-electron chi connectivity index (χ3n) is 10.2. The van der Waals surface area contributed by atoms with Crippen molar-refractivity contribution in [3.63, 3.8) is 0 Å². The Balaban J connectivity index is 3.77. The summed E-state index contributed by atoms with van der Waals surface area (Å²) in [6.07, 6.45) is 50.0. The first-order chi connectivity index (χ1) is 26.0. The van der Waals surface area contributed by atoms with Crippen LogP contribution in [0.15, 0.2) is 48.6 Å². The van der Waals surface area contributed by atoms with Gasteiger partial charge in [0.25, 0.3) is 0 Å². The molecule has 0 radical (unpaired) electrons. The van der Waals surface area contributed by atoms with E-state index in [0.717, 1.165) is 57.8 Å². The molecule has 0 saturated carbocycles. The molecule has 1 amide bonds. The third kappa shape index (κ3) is 35.7. The average Bonchev–Trinajstić information content (AvgIpc) is 3.16. The van der Waals surface area contributed by atoms with E-state index in [0.29, 0.717) is 19.3 Å². The van der Waals surface area contributed by atoms with Crippen LogP contribution < -0.4 is 5.32 Å². The molecule has 53 heavy (non-hydrogen) atoms. The van der Waals surface area contributed by atoms with Crippen LogP contribution in [0.1, 0.15) is 213 Å². The molecule has 0 spiro atoms. The Bertz CT molecular complexity index is 884. The predicted octanol–water partition coefficient (Wildman–Crippen LogP) is 11.9. The van der Waals surface area contributed by atoms with Gasteiger partial charge in [-0.3, -0.25) is 4.79 Å². The molecule has 0 saturated heterocycles. The lowest BCUT2D eigenvalue weighted by atomic mass is 10.00. The van der Waals surface area contributed by atoms with Crippen molar-refractivity contribution in [3.05, 3.63) is 48.6 Å². The van der Waals surface area contributed by atoms with Gasteiger partial charge in [0.05, 0.1) is 18.8 Å². The standard InChI is InChI=1S/C47H87NO5/c1-3-5-7-9-11-13-15-17-19-20-21-22-23-24-25-26-27-29-31-33-35-37-39-41-45(51)47(53)48-43(42-49)46(52)44(50)40-38-36-34-32-30-28-18-16-14-12-10-8-6-4-2/h8,10,16,18,24-25,32,34,43-46,49-52H,3-7,9,11-15,17,19-23,26-31,33,35-42H2,1-2H3,(H,48,53)/b10-8+,18-16+,25-24-,34-32+. The van der Waals surface area contributed by atoms with Crippen LogP contribution in [0.5, 0.6) is 0 Å². The topological polar surface area (TPSA) is 110 Å². The van der Waals surface area contributed by atoms with Gasteiger partial charge >= 0.3 is 0 Å². The normalized spacial score (nSPS) is 14.6. The molecular formula is C47H87NO5. The molecule has 0 fully saturated rings. The van der Waals surface area contributed by atoms with Crippen LogP contribution in [0.4, 0.5) is 0 Å². The maximum absolute atomic E-state index is 12.5. The summed E-state index contributed by atoms with van der Waals surface area (Å²) in [7, 11) is 0. The fraction of sp³-hybridized carbons (Fsp3) is 0.809. The maximum atomic E-state index is 12.5. The molecule has 5 N–H and O–H groups in total. The zero-order valence-corrected chi connectivity index (χ0v) is 34.8. The van der Waals surface area contributed by atoms with Gasteiger partial charge in [-0.25, -0.2) is 0 Å². The monoisotopic (exact) mass is 746 g/mol. The number of hydrogen-bond donors (Lipinski definition) is 5. The summed E-state index contributed by atoms with van der Waals surface area (Å²) < 4.78 is 0. The van der Waals surface area contributed by atoms with Gasteiger partial charge in [-0.2, -0.15) is 0 Å². The number of carbonyl (C=O) groups is 1. The van der Waals surface area contributed by atoms with Crippen LogP contribution in [0, 0.1) is 0 Å². The Hall–Kier alpha value is -1.73. The number of allylic oxidation sites excluding steroid dienone is 8. The lowest BCUT2D eigenvalue weighted by Gasteiger charge is -2.27. The number of amides is 1. The zero-order chi connectivity index (χ0) is 38.9. The van der Waals surface area contributed by atoms with Crippen molar-refractivity contribution >= 4 is 5.91 Å². The van der Waals surface area contributed by atoms with Crippen LogP contribution in [0.3, 0.4) is 0 Å². The van der Waals surface area contributed by atoms with E-state index < -0.39 is 36.9 Å². The minimum atomic E-state index is -1.29. The average molecular weight is 746 g/mol. The first kappa shape index (κ1) is 51.3. The van der Waals surface area contributed by atoms with Crippen molar-refractivity contribution in [2.45, 2.75) is 237 Å². The summed E-state index contributed by atoms with van der Waals surface area (Å²) >= 11 is 0. The molecule has 0 aliphatic carbocycles. The van der Waals surface area contributed by atoms with Crippen molar-refractivity contribution in [2.24, 2.45) is 0 Å². The summed E-state index contributed by atoms with van der Waals surface area (Å²) in [5.41, 5.74) is 0. The molecule has 0 aromatic carbocycles. The van der Waals surface area contributed by atoms with Crippen molar-refractivity contribution in [1.29, 1.82) is 0 Å². The lowest BCUT2D eigenvalue weighted by molar-refractivity contribution is -0.132. The highest BCUT2D eigenvalue weighted by Crippen LogP contribution is 2.15. The number of hydrogen-bond acceptors (Lipinski definition) is 5. The zero-order valence-electron chi connectivity index (χ0n) is 34.8. The number of carbonyl (C=O) groups excluding carboxylic acids is 1. The van der Waals surface area contributed by atoms with Gasteiger partial charge in [-0.15, -0.1) is 0 Å². The highest BCUT2D eigenvalue weighted by atomic mass is 16.3. The Morgan fingerprint density at radius 3 is 1.26 bits per heavy atom. The molecule has 0 aromatic heterocycles. The molecular weight excluding hydrogens is 659 g/mol. The van der Waals surface area contributed by atoms with Gasteiger partial charge < -0.3 is 25.7 Å². The van der Waals surface area contributed by atoms with E-state index in [4.69, 9.17) is 0 Å². The van der Waals surface area contributed by atoms with Crippen molar-refractivity contribution in [2.75, 3.05) is 6.61 Å². The van der Waals surface area contributed by atoms with Gasteiger partial charge in [-0.05, 0) is 83.5 Å². The first-order valence-corrected chi connectivity index (χ1v) is 22.5. The van der Waals surface area contributed by atoms with Gasteiger partial charge in [0.15, 0.2) is 0 Å². The van der Waals surface area contributed by atoms with Crippen LogP contribution in [0.2, 0.25) is 0 Å². The fourth-order valence-electron chi connectivity index (χ4n) is 6.61. The first-order valence-electron chi connectivity index (χ1n) is 22.5. The van der Waals surface area contributed by atoms with Crippen molar-refractivity contribution in [1.82, 2.24) is 5.32 Å². The second kappa shape index (κ2) is 41.4. The van der Waals surface area contributed by atoms with E-state index in [1.165, 1.54) is 122 Å². The Morgan fingerprint density at radius 2 is 0.830 bits per heavy atom. The molecule has 0 aliphatic heterocycles. The molecule has 6 nitrogen and oxygen atoms in total. The van der Waals surface area contributed by atoms with Crippen LogP contribution in [-0.4, -0.2) is 57.3 Å². The number of aliphatic hydroxyl groups excluding tert-OH is 4. The highest BCUT2D eigenvalue weighted by molar-refractivity contribution is 5.80. The minimum absolute atomic E-state index is 0.352. The summed E-state index contributed by atoms with van der Waals surface area (Å²) in [4.78, 5) is 12.5. The van der Waals surface area contributed by atoms with Gasteiger partial charge in [-0.1, -0.05) is 178 Å². The van der Waals surface area contributed by atoms with E-state index >= 15 is 0 Å². The van der Waals surface area contributed by atoms with E-state index in [2.05, 4.69) is 67.8 Å². The Labute approximate surface area is 328 Å². The number of unbranched alkanes of at least 4 members (excludes halogenated alkanes) is 23. The summed E-state index contributed by atoms with van der Waals surface area (Å²) in [6.45, 7) is 3.96. The number of aliphatic hydroxyl groups is 4. The quantitative estimate of drug-likeness (QED) is 0.0317. The van der Waals surface area contributed by atoms with Crippen molar-refractivity contribution in [3.8, 4) is 0 Å². The fourth-order valence-corrected chi connectivity index (χ4v) is 6.61. The Morgan fingerprint density at radius 1 is 0.453 bits per heavy atom.